The molecule has 0 saturated carbocycles. The van der Waals surface area contributed by atoms with Gasteiger partial charge in [-0.3, -0.25) is 14.4 Å². The highest BCUT2D eigenvalue weighted by Crippen LogP contribution is 2.35. The van der Waals surface area contributed by atoms with E-state index in [1.54, 1.807) is 37.3 Å². The third-order valence-corrected chi connectivity index (χ3v) is 6.16. The van der Waals surface area contributed by atoms with Gasteiger partial charge in [0.05, 0.1) is 34.2 Å². The molecule has 3 N–H and O–H groups in total. The molecule has 0 aliphatic carbocycles. The average molecular weight is 712 g/mol. The number of hydrazone groups is 1. The predicted molar refractivity (Wildman–Crippen MR) is 162 cm³/mol. The Hall–Kier alpha value is -4.34. The summed E-state index contributed by atoms with van der Waals surface area (Å²) in [4.78, 5) is 36.8. The second-order valence-corrected chi connectivity index (χ2v) is 9.83. The Morgan fingerprint density at radius 1 is 0.930 bits per heavy atom. The number of ether oxygens (including phenoxy) is 3. The van der Waals surface area contributed by atoms with Crippen LogP contribution in [-0.2, 0) is 20.6 Å². The molecule has 43 heavy (non-hydrogen) atoms. The topological polar surface area (TPSA) is 127 Å². The number of amides is 3. The summed E-state index contributed by atoms with van der Waals surface area (Å²) >= 11 is 1.93. The van der Waals surface area contributed by atoms with Gasteiger partial charge in [0.15, 0.2) is 18.1 Å². The third-order valence-electron chi connectivity index (χ3n) is 5.36. The van der Waals surface area contributed by atoms with Crippen LogP contribution < -0.4 is 30.3 Å². The van der Waals surface area contributed by atoms with E-state index in [1.165, 1.54) is 24.4 Å². The largest absolute Gasteiger partial charge is 0.494 e. The molecule has 3 amide bonds. The Balaban J connectivity index is 1.60. The Kier molecular flexibility index (Phi) is 12.2. The zero-order chi connectivity index (χ0) is 31.4. The quantitative estimate of drug-likeness (QED) is 0.0972. The number of rotatable bonds is 12. The van der Waals surface area contributed by atoms with Crippen LogP contribution in [0.2, 0.25) is 0 Å². The van der Waals surface area contributed by atoms with Gasteiger partial charge in [0.1, 0.15) is 5.75 Å². The lowest BCUT2D eigenvalue weighted by atomic mass is 10.1. The van der Waals surface area contributed by atoms with Gasteiger partial charge in [-0.2, -0.15) is 18.3 Å². The maximum Gasteiger partial charge on any atom is 0.418 e. The summed E-state index contributed by atoms with van der Waals surface area (Å²) in [6, 6.07) is 14.3. The lowest BCUT2D eigenvalue weighted by Crippen LogP contribution is -2.32. The van der Waals surface area contributed by atoms with Gasteiger partial charge >= 0.3 is 18.0 Å². The maximum atomic E-state index is 13.2. The van der Waals surface area contributed by atoms with Crippen LogP contribution in [0.5, 0.6) is 17.2 Å². The number of carbonyl (C=O) groups excluding carboxylic acids is 3. The van der Waals surface area contributed by atoms with Crippen molar-refractivity contribution < 1.29 is 41.8 Å². The molecule has 0 unspecified atom stereocenters. The summed E-state index contributed by atoms with van der Waals surface area (Å²) in [5.41, 5.74) is 1.64. The molecule has 0 aromatic heterocycles. The van der Waals surface area contributed by atoms with Crippen LogP contribution in [-0.4, -0.2) is 43.8 Å². The molecule has 3 aromatic carbocycles. The highest BCUT2D eigenvalue weighted by atomic mass is 127. The van der Waals surface area contributed by atoms with Crippen LogP contribution in [0.3, 0.4) is 0 Å². The molecule has 0 aliphatic rings. The molecule has 0 bridgehead atoms. The zero-order valence-corrected chi connectivity index (χ0v) is 25.2. The summed E-state index contributed by atoms with van der Waals surface area (Å²) < 4.78 is 56.8. The fourth-order valence-electron chi connectivity index (χ4n) is 3.49. The molecular weight excluding hydrogens is 684 g/mol. The van der Waals surface area contributed by atoms with Gasteiger partial charge in [0.25, 0.3) is 5.91 Å². The van der Waals surface area contributed by atoms with Crippen molar-refractivity contribution in [3.05, 3.63) is 75.4 Å². The van der Waals surface area contributed by atoms with Crippen molar-refractivity contribution >= 4 is 57.9 Å². The first-order chi connectivity index (χ1) is 20.5. The van der Waals surface area contributed by atoms with E-state index in [9.17, 15) is 27.6 Å². The molecule has 0 atom stereocenters. The first-order valence-corrected chi connectivity index (χ1v) is 14.0. The van der Waals surface area contributed by atoms with Crippen molar-refractivity contribution in [3.63, 3.8) is 0 Å². The van der Waals surface area contributed by atoms with Gasteiger partial charge < -0.3 is 24.8 Å². The minimum Gasteiger partial charge on any atom is -0.494 e. The number of benzene rings is 3. The van der Waals surface area contributed by atoms with Crippen LogP contribution >= 0.6 is 22.6 Å². The Morgan fingerprint density at radius 3 is 2.33 bits per heavy atom. The predicted octanol–water partition coefficient (Wildman–Crippen LogP) is 5.60. The molecular formula is C29H28F3IN4O6. The smallest absolute Gasteiger partial charge is 0.418 e. The van der Waals surface area contributed by atoms with Gasteiger partial charge in [-0.15, -0.1) is 0 Å². The molecule has 0 aliphatic heterocycles. The Morgan fingerprint density at radius 2 is 1.65 bits per heavy atom. The summed E-state index contributed by atoms with van der Waals surface area (Å²) in [7, 11) is 0. The van der Waals surface area contributed by atoms with Crippen molar-refractivity contribution in [2.75, 3.05) is 30.5 Å². The van der Waals surface area contributed by atoms with E-state index in [4.69, 9.17) is 14.2 Å². The number of carbonyl (C=O) groups is 3. The van der Waals surface area contributed by atoms with Gasteiger partial charge in [-0.1, -0.05) is 19.1 Å². The zero-order valence-electron chi connectivity index (χ0n) is 23.1. The number of anilines is 2. The van der Waals surface area contributed by atoms with E-state index < -0.39 is 36.1 Å². The van der Waals surface area contributed by atoms with Crippen molar-refractivity contribution in [1.82, 2.24) is 5.43 Å². The molecule has 3 aromatic rings. The van der Waals surface area contributed by atoms with Gasteiger partial charge in [0, 0.05) is 5.69 Å². The van der Waals surface area contributed by atoms with Crippen molar-refractivity contribution in [2.45, 2.75) is 26.4 Å². The van der Waals surface area contributed by atoms with E-state index in [1.807, 2.05) is 29.5 Å². The lowest BCUT2D eigenvalue weighted by molar-refractivity contribution is -0.137. The van der Waals surface area contributed by atoms with Crippen molar-refractivity contribution in [2.24, 2.45) is 5.10 Å². The second kappa shape index (κ2) is 15.8. The number of halogens is 4. The Bertz CT molecular complexity index is 1470. The van der Waals surface area contributed by atoms with Crippen molar-refractivity contribution in [3.8, 4) is 17.2 Å². The SMILES string of the molecule is CCCOc1ccc(NC(=O)C(=O)N/N=C\c2cc(I)c(OCC(=O)Nc3ccccc3C(F)(F)F)c(OCC)c2)cc1. The van der Waals surface area contributed by atoms with E-state index in [0.717, 1.165) is 18.6 Å². The molecule has 228 valence electrons. The molecule has 0 radical (unpaired) electrons. The second-order valence-electron chi connectivity index (χ2n) is 8.67. The normalized spacial score (nSPS) is 11.1. The highest BCUT2D eigenvalue weighted by molar-refractivity contribution is 14.1. The van der Waals surface area contributed by atoms with Crippen LogP contribution in [0, 0.1) is 3.57 Å². The Labute approximate surface area is 259 Å². The van der Waals surface area contributed by atoms with Gasteiger partial charge in [-0.25, -0.2) is 5.43 Å². The number of hydrogen-bond acceptors (Lipinski definition) is 7. The van der Waals surface area contributed by atoms with E-state index in [2.05, 4.69) is 21.2 Å². The fraction of sp³-hybridized carbons (Fsp3) is 0.241. The van der Waals surface area contributed by atoms with Gasteiger partial charge in [0.2, 0.25) is 0 Å². The van der Waals surface area contributed by atoms with Crippen LogP contribution in [0.25, 0.3) is 0 Å². The van der Waals surface area contributed by atoms with E-state index in [0.29, 0.717) is 27.2 Å². The molecule has 10 nitrogen and oxygen atoms in total. The fourth-order valence-corrected chi connectivity index (χ4v) is 4.27. The number of para-hydroxylation sites is 1. The number of hydrogen-bond donors (Lipinski definition) is 3. The number of alkyl halides is 3. The van der Waals surface area contributed by atoms with Crippen LogP contribution in [0.4, 0.5) is 24.5 Å². The average Bonchev–Trinajstić information content (AvgIpc) is 2.96. The van der Waals surface area contributed by atoms with Gasteiger partial charge in [-0.05, 0) is 90.0 Å². The molecule has 14 heteroatoms. The van der Waals surface area contributed by atoms with Crippen LogP contribution in [0.15, 0.2) is 65.8 Å². The molecule has 0 saturated heterocycles. The van der Waals surface area contributed by atoms with E-state index >= 15 is 0 Å². The molecule has 3 rings (SSSR count). The summed E-state index contributed by atoms with van der Waals surface area (Å²) in [6.45, 7) is 3.92. The summed E-state index contributed by atoms with van der Waals surface area (Å²) in [6.07, 6.45) is -2.51. The summed E-state index contributed by atoms with van der Waals surface area (Å²) in [5.74, 6) is -1.67. The molecule has 0 spiro atoms. The third kappa shape index (κ3) is 10.2. The highest BCUT2D eigenvalue weighted by Gasteiger charge is 2.33. The first kappa shape index (κ1) is 33.2. The maximum absolute atomic E-state index is 13.2. The molecule has 0 fully saturated rings. The molecule has 0 heterocycles. The minimum absolute atomic E-state index is 0.188. The van der Waals surface area contributed by atoms with Crippen molar-refractivity contribution in [1.29, 1.82) is 0 Å². The lowest BCUT2D eigenvalue weighted by Gasteiger charge is -2.16. The first-order valence-electron chi connectivity index (χ1n) is 12.9. The standard InChI is InChI=1S/C29H28F3IN4O6/c1-3-13-42-20-11-9-19(10-12-20)35-27(39)28(40)37-34-16-18-14-22(33)26(24(15-18)41-4-2)43-17-25(38)36-23-8-6-5-7-21(23)29(30,31)32/h5-12,14-16H,3-4,13,17H2,1-2H3,(H,35,39)(H,36,38)(H,37,40)/b34-16-. The number of nitrogens with one attached hydrogen (secondary N) is 3. The summed E-state index contributed by atoms with van der Waals surface area (Å²) in [5, 5.41) is 8.49. The monoisotopic (exact) mass is 712 g/mol. The number of nitrogens with zero attached hydrogens (tertiary/aromatic N) is 1. The minimum atomic E-state index is -4.64. The van der Waals surface area contributed by atoms with Crippen LogP contribution in [0.1, 0.15) is 31.4 Å². The van der Waals surface area contributed by atoms with E-state index in [-0.39, 0.29) is 23.8 Å².